The maximum Gasteiger partial charge on any atom is 0.0618 e. The third-order valence-corrected chi connectivity index (χ3v) is 1.84. The molecule has 0 saturated carbocycles. The van der Waals surface area contributed by atoms with Crippen molar-refractivity contribution in [3.63, 3.8) is 0 Å². The molecule has 0 N–H and O–H groups in total. The molecule has 0 bridgehead atoms. The van der Waals surface area contributed by atoms with Gasteiger partial charge in [0.1, 0.15) is 0 Å². The van der Waals surface area contributed by atoms with Crippen LogP contribution in [0.15, 0.2) is 0 Å². The Kier molecular flexibility index (Phi) is 7.45. The normalized spacial score (nSPS) is 16.0. The number of methoxy groups -OCH3 is 3. The van der Waals surface area contributed by atoms with Crippen molar-refractivity contribution in [3.05, 3.63) is 6.92 Å². The van der Waals surface area contributed by atoms with Gasteiger partial charge in [-0.3, -0.25) is 0 Å². The van der Waals surface area contributed by atoms with Crippen LogP contribution in [0.4, 0.5) is 0 Å². The molecule has 0 aromatic heterocycles. The summed E-state index contributed by atoms with van der Waals surface area (Å²) < 4.78 is 15.2. The highest BCUT2D eigenvalue weighted by molar-refractivity contribution is 4.67. The van der Waals surface area contributed by atoms with Gasteiger partial charge in [-0.1, -0.05) is 0 Å². The minimum absolute atomic E-state index is 0.00630. The fourth-order valence-corrected chi connectivity index (χ4v) is 0.971. The summed E-state index contributed by atoms with van der Waals surface area (Å²) in [5.74, 6) is 0. The Morgan fingerprint density at radius 3 is 2.25 bits per heavy atom. The lowest BCUT2D eigenvalue weighted by atomic mass is 10.1. The summed E-state index contributed by atoms with van der Waals surface area (Å²) in [5.41, 5.74) is 0. The molecular weight excluding hydrogens is 156 g/mol. The molecule has 0 amide bonds. The molecule has 12 heavy (non-hydrogen) atoms. The number of ether oxygens (including phenoxy) is 3. The SMILES string of the molecule is [CH2]C(CC(CCOC)OC)OC. The summed E-state index contributed by atoms with van der Waals surface area (Å²) in [7, 11) is 5.04. The van der Waals surface area contributed by atoms with E-state index in [0.29, 0.717) is 0 Å². The van der Waals surface area contributed by atoms with Gasteiger partial charge in [0.05, 0.1) is 12.2 Å². The van der Waals surface area contributed by atoms with Crippen LogP contribution in [0, 0.1) is 6.92 Å². The van der Waals surface area contributed by atoms with Crippen LogP contribution in [-0.2, 0) is 14.2 Å². The summed E-state index contributed by atoms with van der Waals surface area (Å²) in [6, 6.07) is 0. The molecule has 2 atom stereocenters. The molecule has 0 aromatic carbocycles. The van der Waals surface area contributed by atoms with Crippen LogP contribution in [0.1, 0.15) is 12.8 Å². The van der Waals surface area contributed by atoms with Crippen molar-refractivity contribution >= 4 is 0 Å². The number of hydrogen-bond donors (Lipinski definition) is 0. The Balaban J connectivity index is 3.51. The van der Waals surface area contributed by atoms with E-state index < -0.39 is 0 Å². The molecule has 0 spiro atoms. The molecular formula is C9H19O3. The first kappa shape index (κ1) is 11.9. The van der Waals surface area contributed by atoms with Crippen LogP contribution >= 0.6 is 0 Å². The van der Waals surface area contributed by atoms with Crippen LogP contribution in [0.2, 0.25) is 0 Å². The van der Waals surface area contributed by atoms with E-state index in [1.165, 1.54) is 0 Å². The van der Waals surface area contributed by atoms with Gasteiger partial charge >= 0.3 is 0 Å². The molecule has 0 heterocycles. The number of rotatable bonds is 7. The molecule has 3 nitrogen and oxygen atoms in total. The van der Waals surface area contributed by atoms with Crippen LogP contribution in [-0.4, -0.2) is 40.1 Å². The molecule has 0 rings (SSSR count). The number of hydrogen-bond acceptors (Lipinski definition) is 3. The van der Waals surface area contributed by atoms with Crippen molar-refractivity contribution < 1.29 is 14.2 Å². The summed E-state index contributed by atoms with van der Waals surface area (Å²) in [5, 5.41) is 0. The van der Waals surface area contributed by atoms with Gasteiger partial charge in [-0.15, -0.1) is 0 Å². The van der Waals surface area contributed by atoms with Crippen molar-refractivity contribution in [1.82, 2.24) is 0 Å². The lowest BCUT2D eigenvalue weighted by Gasteiger charge is -2.18. The van der Waals surface area contributed by atoms with Crippen LogP contribution in [0.25, 0.3) is 0 Å². The molecule has 0 fully saturated rings. The van der Waals surface area contributed by atoms with E-state index in [-0.39, 0.29) is 12.2 Å². The van der Waals surface area contributed by atoms with Crippen molar-refractivity contribution in [2.75, 3.05) is 27.9 Å². The van der Waals surface area contributed by atoms with E-state index in [1.807, 2.05) is 0 Å². The average molecular weight is 175 g/mol. The van der Waals surface area contributed by atoms with E-state index in [9.17, 15) is 0 Å². The van der Waals surface area contributed by atoms with Crippen LogP contribution in [0.3, 0.4) is 0 Å². The van der Waals surface area contributed by atoms with Gasteiger partial charge in [0, 0.05) is 27.9 Å². The smallest absolute Gasteiger partial charge is 0.0618 e. The molecule has 0 aliphatic carbocycles. The van der Waals surface area contributed by atoms with Gasteiger partial charge in [-0.25, -0.2) is 0 Å². The van der Waals surface area contributed by atoms with E-state index in [0.717, 1.165) is 19.4 Å². The molecule has 2 unspecified atom stereocenters. The first-order valence-corrected chi connectivity index (χ1v) is 4.12. The molecule has 0 aliphatic rings. The van der Waals surface area contributed by atoms with Gasteiger partial charge < -0.3 is 14.2 Å². The third kappa shape index (κ3) is 5.52. The Morgan fingerprint density at radius 2 is 1.83 bits per heavy atom. The van der Waals surface area contributed by atoms with Crippen LogP contribution < -0.4 is 0 Å². The van der Waals surface area contributed by atoms with E-state index in [1.54, 1.807) is 21.3 Å². The maximum absolute atomic E-state index is 5.22. The van der Waals surface area contributed by atoms with Gasteiger partial charge in [0.25, 0.3) is 0 Å². The average Bonchev–Trinajstić information content (AvgIpc) is 2.11. The Hall–Kier alpha value is -0.120. The minimum Gasteiger partial charge on any atom is -0.385 e. The Morgan fingerprint density at radius 1 is 1.17 bits per heavy atom. The lowest BCUT2D eigenvalue weighted by molar-refractivity contribution is 0.0225. The fourth-order valence-electron chi connectivity index (χ4n) is 0.971. The molecule has 0 aromatic rings. The van der Waals surface area contributed by atoms with Crippen molar-refractivity contribution in [2.45, 2.75) is 25.0 Å². The lowest BCUT2D eigenvalue weighted by Crippen LogP contribution is -2.20. The quantitative estimate of drug-likeness (QED) is 0.583. The summed E-state index contributed by atoms with van der Waals surface area (Å²) in [6.45, 7) is 4.53. The maximum atomic E-state index is 5.22. The molecule has 0 saturated heterocycles. The van der Waals surface area contributed by atoms with Crippen molar-refractivity contribution in [1.29, 1.82) is 0 Å². The van der Waals surface area contributed by atoms with Gasteiger partial charge in [-0.05, 0) is 19.8 Å². The van der Waals surface area contributed by atoms with Crippen molar-refractivity contribution in [3.8, 4) is 0 Å². The first-order valence-electron chi connectivity index (χ1n) is 4.12. The van der Waals surface area contributed by atoms with E-state index in [2.05, 4.69) is 6.92 Å². The molecule has 1 radical (unpaired) electrons. The standard InChI is InChI=1S/C9H19O3/c1-8(11-3)7-9(12-4)5-6-10-2/h8-9H,1,5-7H2,2-4H3. The van der Waals surface area contributed by atoms with Crippen LogP contribution in [0.5, 0.6) is 0 Å². The Labute approximate surface area is 75.0 Å². The molecule has 73 valence electrons. The third-order valence-electron chi connectivity index (χ3n) is 1.84. The first-order chi connectivity index (χ1) is 5.74. The van der Waals surface area contributed by atoms with Gasteiger partial charge in [0.15, 0.2) is 0 Å². The zero-order valence-electron chi connectivity index (χ0n) is 8.21. The molecule has 3 heteroatoms. The summed E-state index contributed by atoms with van der Waals surface area (Å²) >= 11 is 0. The predicted molar refractivity (Wildman–Crippen MR) is 48.1 cm³/mol. The second-order valence-electron chi connectivity index (χ2n) is 2.73. The highest BCUT2D eigenvalue weighted by Gasteiger charge is 2.11. The van der Waals surface area contributed by atoms with Gasteiger partial charge in [0.2, 0.25) is 0 Å². The monoisotopic (exact) mass is 175 g/mol. The zero-order chi connectivity index (χ0) is 9.40. The van der Waals surface area contributed by atoms with E-state index >= 15 is 0 Å². The predicted octanol–water partition coefficient (Wildman–Crippen LogP) is 1.28. The summed E-state index contributed by atoms with van der Waals surface area (Å²) in [6.07, 6.45) is 1.90. The topological polar surface area (TPSA) is 27.7 Å². The largest absolute Gasteiger partial charge is 0.385 e. The summed E-state index contributed by atoms with van der Waals surface area (Å²) in [4.78, 5) is 0. The second kappa shape index (κ2) is 7.53. The molecule has 0 aliphatic heterocycles. The zero-order valence-corrected chi connectivity index (χ0v) is 8.21. The second-order valence-corrected chi connectivity index (χ2v) is 2.73. The van der Waals surface area contributed by atoms with E-state index in [4.69, 9.17) is 14.2 Å². The Bertz CT molecular complexity index is 95.8. The fraction of sp³-hybridized carbons (Fsp3) is 0.889. The highest BCUT2D eigenvalue weighted by atomic mass is 16.5. The minimum atomic E-state index is 0.00630. The van der Waals surface area contributed by atoms with Crippen molar-refractivity contribution in [2.24, 2.45) is 0 Å². The highest BCUT2D eigenvalue weighted by Crippen LogP contribution is 2.07. The van der Waals surface area contributed by atoms with Gasteiger partial charge in [-0.2, -0.15) is 0 Å².